The standard InChI is InChI=1S/C16H24BNO4/c1-15(2)16(3,4)22-17(21-15)11-8-9-12(14(19)20-7)13(10-11)18(5)6/h8-10H,1-7H3. The van der Waals surface area contributed by atoms with Gasteiger partial charge in [-0.3, -0.25) is 0 Å². The Morgan fingerprint density at radius 2 is 1.68 bits per heavy atom. The molecular weight excluding hydrogens is 281 g/mol. The third-order valence-electron chi connectivity index (χ3n) is 4.43. The van der Waals surface area contributed by atoms with Crippen LogP contribution in [0.3, 0.4) is 0 Å². The number of rotatable bonds is 3. The van der Waals surface area contributed by atoms with Crippen molar-refractivity contribution in [3.05, 3.63) is 23.8 Å². The Kier molecular flexibility index (Phi) is 4.28. The molecule has 0 radical (unpaired) electrons. The van der Waals surface area contributed by atoms with Crippen LogP contribution in [-0.4, -0.2) is 45.5 Å². The minimum atomic E-state index is -0.449. The van der Waals surface area contributed by atoms with Crippen LogP contribution in [0, 0.1) is 0 Å². The first kappa shape index (κ1) is 16.8. The van der Waals surface area contributed by atoms with Crippen LogP contribution in [0.5, 0.6) is 0 Å². The van der Waals surface area contributed by atoms with Crippen LogP contribution in [-0.2, 0) is 14.0 Å². The van der Waals surface area contributed by atoms with Crippen LogP contribution in [0.25, 0.3) is 0 Å². The quantitative estimate of drug-likeness (QED) is 0.630. The minimum Gasteiger partial charge on any atom is -0.465 e. The monoisotopic (exact) mass is 305 g/mol. The van der Waals surface area contributed by atoms with Gasteiger partial charge in [-0.05, 0) is 45.3 Å². The molecule has 1 aliphatic heterocycles. The van der Waals surface area contributed by atoms with Gasteiger partial charge < -0.3 is 18.9 Å². The highest BCUT2D eigenvalue weighted by Gasteiger charge is 2.51. The molecule has 120 valence electrons. The van der Waals surface area contributed by atoms with Crippen LogP contribution < -0.4 is 10.4 Å². The highest BCUT2D eigenvalue weighted by molar-refractivity contribution is 6.62. The molecule has 0 saturated carbocycles. The number of methoxy groups -OCH3 is 1. The van der Waals surface area contributed by atoms with Crippen molar-refractivity contribution in [2.75, 3.05) is 26.1 Å². The molecule has 0 unspecified atom stereocenters. The van der Waals surface area contributed by atoms with Crippen molar-refractivity contribution in [2.45, 2.75) is 38.9 Å². The van der Waals surface area contributed by atoms with E-state index in [1.165, 1.54) is 7.11 Å². The Hall–Kier alpha value is -1.53. The van der Waals surface area contributed by atoms with E-state index in [-0.39, 0.29) is 5.97 Å². The average molecular weight is 305 g/mol. The lowest BCUT2D eigenvalue weighted by Gasteiger charge is -2.32. The maximum Gasteiger partial charge on any atom is 0.494 e. The second-order valence-corrected chi connectivity index (χ2v) is 6.75. The normalized spacial score (nSPS) is 19.1. The van der Waals surface area contributed by atoms with Crippen molar-refractivity contribution in [1.82, 2.24) is 0 Å². The molecular formula is C16H24BNO4. The summed E-state index contributed by atoms with van der Waals surface area (Å²) in [4.78, 5) is 13.7. The number of hydrogen-bond donors (Lipinski definition) is 0. The van der Waals surface area contributed by atoms with Crippen molar-refractivity contribution in [1.29, 1.82) is 0 Å². The van der Waals surface area contributed by atoms with Gasteiger partial charge in [-0.15, -0.1) is 0 Å². The molecule has 0 aliphatic carbocycles. The van der Waals surface area contributed by atoms with Gasteiger partial charge in [-0.25, -0.2) is 4.79 Å². The summed E-state index contributed by atoms with van der Waals surface area (Å²) >= 11 is 0. The van der Waals surface area contributed by atoms with E-state index in [9.17, 15) is 4.79 Å². The average Bonchev–Trinajstić information content (AvgIpc) is 2.66. The maximum absolute atomic E-state index is 11.9. The van der Waals surface area contributed by atoms with Gasteiger partial charge in [0.1, 0.15) is 0 Å². The second kappa shape index (κ2) is 5.59. The lowest BCUT2D eigenvalue weighted by Crippen LogP contribution is -2.41. The molecule has 0 N–H and O–H groups in total. The number of esters is 1. The fraction of sp³-hybridized carbons (Fsp3) is 0.562. The minimum absolute atomic E-state index is 0.357. The molecule has 1 aromatic carbocycles. The molecule has 1 aromatic rings. The van der Waals surface area contributed by atoms with E-state index in [1.807, 2.05) is 58.8 Å². The zero-order valence-corrected chi connectivity index (χ0v) is 14.4. The van der Waals surface area contributed by atoms with Crippen molar-refractivity contribution in [3.8, 4) is 0 Å². The predicted molar refractivity (Wildman–Crippen MR) is 87.8 cm³/mol. The summed E-state index contributed by atoms with van der Waals surface area (Å²) in [6.07, 6.45) is 0. The first-order valence-electron chi connectivity index (χ1n) is 7.34. The van der Waals surface area contributed by atoms with E-state index in [0.29, 0.717) is 5.56 Å². The van der Waals surface area contributed by atoms with E-state index in [2.05, 4.69) is 0 Å². The number of benzene rings is 1. The van der Waals surface area contributed by atoms with Gasteiger partial charge in [0.15, 0.2) is 0 Å². The molecule has 6 heteroatoms. The van der Waals surface area contributed by atoms with Gasteiger partial charge in [0, 0.05) is 14.1 Å². The number of hydrogen-bond acceptors (Lipinski definition) is 5. The van der Waals surface area contributed by atoms with Gasteiger partial charge >= 0.3 is 13.1 Å². The number of nitrogens with zero attached hydrogens (tertiary/aromatic N) is 1. The third kappa shape index (κ3) is 2.85. The fourth-order valence-electron chi connectivity index (χ4n) is 2.33. The first-order chi connectivity index (χ1) is 10.1. The van der Waals surface area contributed by atoms with Crippen molar-refractivity contribution in [2.24, 2.45) is 0 Å². The van der Waals surface area contributed by atoms with Crippen molar-refractivity contribution in [3.63, 3.8) is 0 Å². The molecule has 1 saturated heterocycles. The van der Waals surface area contributed by atoms with E-state index in [4.69, 9.17) is 14.0 Å². The second-order valence-electron chi connectivity index (χ2n) is 6.75. The Morgan fingerprint density at radius 3 is 2.14 bits per heavy atom. The molecule has 0 aromatic heterocycles. The number of carbonyl (C=O) groups excluding carboxylic acids is 1. The van der Waals surface area contributed by atoms with Crippen LogP contribution in [0.4, 0.5) is 5.69 Å². The molecule has 0 atom stereocenters. The summed E-state index contributed by atoms with van der Waals surface area (Å²) in [5.74, 6) is -0.357. The highest BCUT2D eigenvalue weighted by Crippen LogP contribution is 2.36. The molecule has 0 spiro atoms. The predicted octanol–water partition coefficient (Wildman–Crippen LogP) is 1.84. The molecule has 22 heavy (non-hydrogen) atoms. The maximum atomic E-state index is 11.9. The van der Waals surface area contributed by atoms with E-state index >= 15 is 0 Å². The summed E-state index contributed by atoms with van der Waals surface area (Å²) < 4.78 is 16.9. The zero-order chi connectivity index (χ0) is 16.7. The SMILES string of the molecule is COC(=O)c1ccc(B2OC(C)(C)C(C)(C)O2)cc1N(C)C. The lowest BCUT2D eigenvalue weighted by molar-refractivity contribution is 0.00578. The van der Waals surface area contributed by atoms with Crippen LogP contribution in [0.2, 0.25) is 0 Å². The Balaban J connectivity index is 2.39. The van der Waals surface area contributed by atoms with Crippen molar-refractivity contribution >= 4 is 24.2 Å². The van der Waals surface area contributed by atoms with E-state index < -0.39 is 18.3 Å². The van der Waals surface area contributed by atoms with E-state index in [0.717, 1.165) is 11.2 Å². The smallest absolute Gasteiger partial charge is 0.465 e. The molecule has 1 heterocycles. The summed E-state index contributed by atoms with van der Waals surface area (Å²) in [5, 5.41) is 0. The molecule has 2 rings (SSSR count). The topological polar surface area (TPSA) is 48.0 Å². The van der Waals surface area contributed by atoms with Crippen LogP contribution in [0.1, 0.15) is 38.1 Å². The summed E-state index contributed by atoms with van der Waals surface area (Å²) in [5.41, 5.74) is 1.40. The van der Waals surface area contributed by atoms with Gasteiger partial charge in [0.05, 0.1) is 29.6 Å². The van der Waals surface area contributed by atoms with Crippen LogP contribution >= 0.6 is 0 Å². The number of ether oxygens (including phenoxy) is 1. The van der Waals surface area contributed by atoms with Crippen molar-refractivity contribution < 1.29 is 18.8 Å². The van der Waals surface area contributed by atoms with Gasteiger partial charge in [0.2, 0.25) is 0 Å². The molecule has 0 amide bonds. The summed E-state index contributed by atoms with van der Waals surface area (Å²) in [6.45, 7) is 8.07. The van der Waals surface area contributed by atoms with Gasteiger partial charge in [0.25, 0.3) is 0 Å². The highest BCUT2D eigenvalue weighted by atomic mass is 16.7. The third-order valence-corrected chi connectivity index (χ3v) is 4.43. The number of anilines is 1. The van der Waals surface area contributed by atoms with Gasteiger partial charge in [-0.2, -0.15) is 0 Å². The van der Waals surface area contributed by atoms with Crippen LogP contribution in [0.15, 0.2) is 18.2 Å². The van der Waals surface area contributed by atoms with E-state index in [1.54, 1.807) is 6.07 Å². The largest absolute Gasteiger partial charge is 0.494 e. The Bertz CT molecular complexity index is 568. The molecule has 1 aliphatic rings. The Morgan fingerprint density at radius 1 is 1.14 bits per heavy atom. The first-order valence-corrected chi connectivity index (χ1v) is 7.34. The molecule has 5 nitrogen and oxygen atoms in total. The molecule has 0 bridgehead atoms. The zero-order valence-electron chi connectivity index (χ0n) is 14.4. The summed E-state index contributed by atoms with van der Waals surface area (Å²) in [7, 11) is 4.70. The lowest BCUT2D eigenvalue weighted by atomic mass is 9.78. The fourth-order valence-corrected chi connectivity index (χ4v) is 2.33. The summed E-state index contributed by atoms with van der Waals surface area (Å²) in [6, 6.07) is 5.51. The Labute approximate surface area is 132 Å². The number of carbonyl (C=O) groups is 1. The molecule has 1 fully saturated rings. The van der Waals surface area contributed by atoms with Gasteiger partial charge in [-0.1, -0.05) is 6.07 Å².